The summed E-state index contributed by atoms with van der Waals surface area (Å²) in [5.41, 5.74) is -0.0191. The number of carbonyl (C=O) groups excluding carboxylic acids is 1. The van der Waals surface area contributed by atoms with Gasteiger partial charge in [0.15, 0.2) is 0 Å². The first-order chi connectivity index (χ1) is 13.0. The molecule has 4 atom stereocenters. The number of hydrogen-bond acceptors (Lipinski definition) is 5. The second kappa shape index (κ2) is 8.71. The summed E-state index contributed by atoms with van der Waals surface area (Å²) in [5.74, 6) is 1.46. The van der Waals surface area contributed by atoms with Gasteiger partial charge < -0.3 is 19.6 Å². The number of nitrogens with zero attached hydrogens (tertiary/aromatic N) is 2. The molecule has 150 valence electrons. The van der Waals surface area contributed by atoms with Crippen molar-refractivity contribution in [2.45, 2.75) is 43.8 Å². The van der Waals surface area contributed by atoms with Crippen molar-refractivity contribution < 1.29 is 19.4 Å². The number of carboxylic acid groups (broad SMARTS) is 1. The molecule has 2 bridgehead atoms. The van der Waals surface area contributed by atoms with E-state index in [-0.39, 0.29) is 12.1 Å². The van der Waals surface area contributed by atoms with Crippen molar-refractivity contribution in [2.75, 3.05) is 33.7 Å². The molecule has 0 saturated carbocycles. The molecule has 1 aromatic rings. The Labute approximate surface area is 165 Å². The van der Waals surface area contributed by atoms with Gasteiger partial charge in [-0.1, -0.05) is 6.07 Å². The molecule has 1 aromatic heterocycles. The quantitative estimate of drug-likeness (QED) is 0.750. The average molecular weight is 395 g/mol. The first-order valence-electron chi connectivity index (χ1n) is 9.69. The highest BCUT2D eigenvalue weighted by molar-refractivity contribution is 7.09. The number of carbonyl (C=O) groups is 2. The number of fused-ring (bicyclic) bond motifs is 1. The Kier molecular flexibility index (Phi) is 6.55. The number of likely N-dealkylation sites (tertiary alicyclic amines) is 1. The predicted octanol–water partition coefficient (Wildman–Crippen LogP) is 2.34. The van der Waals surface area contributed by atoms with E-state index in [1.165, 1.54) is 11.3 Å². The molecule has 1 amide bonds. The van der Waals surface area contributed by atoms with E-state index in [1.54, 1.807) is 11.3 Å². The number of thiophene rings is 1. The molecule has 0 unspecified atom stereocenters. The highest BCUT2D eigenvalue weighted by Gasteiger charge is 2.63. The highest BCUT2D eigenvalue weighted by Crippen LogP contribution is 2.54. The van der Waals surface area contributed by atoms with Gasteiger partial charge in [-0.25, -0.2) is 0 Å². The van der Waals surface area contributed by atoms with Crippen LogP contribution in [0.15, 0.2) is 17.5 Å². The molecule has 0 radical (unpaired) electrons. The largest absolute Gasteiger partial charge is 0.483 e. The Hall–Kier alpha value is -1.44. The fraction of sp³-hybridized carbons (Fsp3) is 0.700. The van der Waals surface area contributed by atoms with E-state index in [0.717, 1.165) is 38.9 Å². The van der Waals surface area contributed by atoms with Crippen LogP contribution in [-0.2, 0) is 20.7 Å². The molecule has 6 nitrogen and oxygen atoms in total. The SMILES string of the molecule is CN(C)C[C@H]1[C@H]2CN(C(=O)CCCc3cccs3)C[C@]23CC[C@H]1O3.O=CO. The normalized spacial score (nSPS) is 30.9. The Balaban J connectivity index is 0.000000659. The number of aryl methyl sites for hydroxylation is 1. The third-order valence-electron chi connectivity index (χ3n) is 6.11. The fourth-order valence-electron chi connectivity index (χ4n) is 5.07. The Bertz CT molecular complexity index is 636. The molecule has 7 heteroatoms. The lowest BCUT2D eigenvalue weighted by atomic mass is 9.73. The number of ether oxygens (including phenoxy) is 1. The minimum Gasteiger partial charge on any atom is -0.483 e. The van der Waals surface area contributed by atoms with Crippen molar-refractivity contribution in [3.05, 3.63) is 22.4 Å². The topological polar surface area (TPSA) is 70.1 Å². The van der Waals surface area contributed by atoms with Gasteiger partial charge >= 0.3 is 0 Å². The van der Waals surface area contributed by atoms with Gasteiger partial charge in [0.05, 0.1) is 18.2 Å². The zero-order valence-corrected chi connectivity index (χ0v) is 17.0. The van der Waals surface area contributed by atoms with Crippen LogP contribution in [0.25, 0.3) is 0 Å². The molecule has 3 saturated heterocycles. The van der Waals surface area contributed by atoms with E-state index in [4.69, 9.17) is 14.6 Å². The summed E-state index contributed by atoms with van der Waals surface area (Å²) in [6.07, 6.45) is 5.39. The first-order valence-corrected chi connectivity index (χ1v) is 10.6. The van der Waals surface area contributed by atoms with Gasteiger partial charge in [-0.15, -0.1) is 11.3 Å². The maximum absolute atomic E-state index is 12.7. The molecule has 4 rings (SSSR count). The summed E-state index contributed by atoms with van der Waals surface area (Å²) < 4.78 is 6.42. The van der Waals surface area contributed by atoms with Crippen molar-refractivity contribution in [3.8, 4) is 0 Å². The van der Waals surface area contributed by atoms with Crippen molar-refractivity contribution in [1.29, 1.82) is 0 Å². The molecular weight excluding hydrogens is 364 g/mol. The van der Waals surface area contributed by atoms with Crippen LogP contribution in [0.2, 0.25) is 0 Å². The third-order valence-corrected chi connectivity index (χ3v) is 7.04. The van der Waals surface area contributed by atoms with Crippen molar-refractivity contribution in [2.24, 2.45) is 11.8 Å². The zero-order chi connectivity index (χ0) is 19.4. The van der Waals surface area contributed by atoms with E-state index < -0.39 is 0 Å². The molecule has 0 aromatic carbocycles. The average Bonchev–Trinajstić information content (AvgIpc) is 3.37. The molecule has 3 aliphatic rings. The summed E-state index contributed by atoms with van der Waals surface area (Å²) in [7, 11) is 4.28. The molecular formula is C20H30N2O4S. The van der Waals surface area contributed by atoms with Gasteiger partial charge in [0.2, 0.25) is 5.91 Å². The van der Waals surface area contributed by atoms with E-state index in [0.29, 0.717) is 30.3 Å². The van der Waals surface area contributed by atoms with E-state index in [9.17, 15) is 4.79 Å². The lowest BCUT2D eigenvalue weighted by Crippen LogP contribution is -2.40. The van der Waals surface area contributed by atoms with Crippen LogP contribution in [0, 0.1) is 11.8 Å². The van der Waals surface area contributed by atoms with Gasteiger partial charge in [0.25, 0.3) is 6.47 Å². The van der Waals surface area contributed by atoms with Gasteiger partial charge in [-0.2, -0.15) is 0 Å². The lowest BCUT2D eigenvalue weighted by Gasteiger charge is -2.30. The highest BCUT2D eigenvalue weighted by atomic mass is 32.1. The molecule has 27 heavy (non-hydrogen) atoms. The van der Waals surface area contributed by atoms with Crippen LogP contribution in [0.4, 0.5) is 0 Å². The Morgan fingerprint density at radius 1 is 1.52 bits per heavy atom. The summed E-state index contributed by atoms with van der Waals surface area (Å²) in [4.78, 5) is 26.8. The van der Waals surface area contributed by atoms with Crippen LogP contribution < -0.4 is 0 Å². The van der Waals surface area contributed by atoms with Crippen molar-refractivity contribution in [3.63, 3.8) is 0 Å². The molecule has 3 aliphatic heterocycles. The second-order valence-electron chi connectivity index (χ2n) is 8.10. The predicted molar refractivity (Wildman–Crippen MR) is 105 cm³/mol. The smallest absolute Gasteiger partial charge is 0.290 e. The van der Waals surface area contributed by atoms with E-state index >= 15 is 0 Å². The number of rotatable bonds is 6. The summed E-state index contributed by atoms with van der Waals surface area (Å²) in [5, 5.41) is 9.00. The number of amides is 1. The minimum atomic E-state index is -0.250. The Morgan fingerprint density at radius 3 is 2.96 bits per heavy atom. The van der Waals surface area contributed by atoms with Crippen LogP contribution in [-0.4, -0.2) is 72.7 Å². The maximum atomic E-state index is 12.7. The van der Waals surface area contributed by atoms with Crippen molar-refractivity contribution >= 4 is 23.7 Å². The van der Waals surface area contributed by atoms with Crippen LogP contribution in [0.5, 0.6) is 0 Å². The molecule has 1 N–H and O–H groups in total. The minimum absolute atomic E-state index is 0.0191. The lowest BCUT2D eigenvalue weighted by molar-refractivity contribution is -0.131. The van der Waals surface area contributed by atoms with E-state index in [2.05, 4.69) is 41.4 Å². The summed E-state index contributed by atoms with van der Waals surface area (Å²) in [6, 6.07) is 4.24. The molecule has 3 fully saturated rings. The molecule has 4 heterocycles. The standard InChI is InChI=1S/C19H28N2O2S.CH2O2/c1-20(2)11-15-16-12-21(13-19(16)9-8-17(15)23-19)18(22)7-3-5-14-6-4-10-24-14;2-1-3/h4,6,10,15-17H,3,5,7-9,11-13H2,1-2H3;1H,(H,2,3)/t15-,16+,17+,19+;/m0./s1. The zero-order valence-electron chi connectivity index (χ0n) is 16.2. The number of hydrogen-bond donors (Lipinski definition) is 1. The van der Waals surface area contributed by atoms with Gasteiger partial charge in [-0.05, 0) is 51.2 Å². The van der Waals surface area contributed by atoms with Gasteiger partial charge in [0, 0.05) is 36.2 Å². The van der Waals surface area contributed by atoms with Gasteiger partial charge in [0.1, 0.15) is 0 Å². The monoisotopic (exact) mass is 394 g/mol. The van der Waals surface area contributed by atoms with Crippen LogP contribution >= 0.6 is 11.3 Å². The van der Waals surface area contributed by atoms with Crippen molar-refractivity contribution in [1.82, 2.24) is 9.80 Å². The summed E-state index contributed by atoms with van der Waals surface area (Å²) >= 11 is 1.79. The molecule has 0 aliphatic carbocycles. The third kappa shape index (κ3) is 4.36. The molecule has 1 spiro atoms. The fourth-order valence-corrected chi connectivity index (χ4v) is 5.82. The van der Waals surface area contributed by atoms with E-state index in [1.807, 2.05) is 0 Å². The van der Waals surface area contributed by atoms with Crippen LogP contribution in [0.1, 0.15) is 30.6 Å². The maximum Gasteiger partial charge on any atom is 0.290 e. The van der Waals surface area contributed by atoms with Gasteiger partial charge in [-0.3, -0.25) is 9.59 Å². The van der Waals surface area contributed by atoms with Crippen LogP contribution in [0.3, 0.4) is 0 Å². The Morgan fingerprint density at radius 2 is 2.30 bits per heavy atom. The first kappa shape index (κ1) is 20.3. The second-order valence-corrected chi connectivity index (χ2v) is 9.14. The summed E-state index contributed by atoms with van der Waals surface area (Å²) in [6.45, 7) is 2.57.